The number of rotatable bonds is 4. The van der Waals surface area contributed by atoms with E-state index in [1.807, 2.05) is 4.90 Å². The Labute approximate surface area is 154 Å². The molecule has 150 valence electrons. The molecule has 1 heterocycles. The standard InChI is InChI=1S/C17H31N3O6/c1-16(2,3)25-13(21)12-11-19(9-10-20(12)15(23)24)8-7-18-14(22)26-17(4,5)6/h12H,7-11H2,1-6H3,(H,18,22)(H,23,24). The average molecular weight is 373 g/mol. The first-order valence-corrected chi connectivity index (χ1v) is 8.70. The van der Waals surface area contributed by atoms with Crippen molar-refractivity contribution in [2.75, 3.05) is 32.7 Å². The van der Waals surface area contributed by atoms with Crippen LogP contribution in [0.15, 0.2) is 0 Å². The average Bonchev–Trinajstić information content (AvgIpc) is 2.43. The van der Waals surface area contributed by atoms with Crippen molar-refractivity contribution in [3.05, 3.63) is 0 Å². The molecule has 9 nitrogen and oxygen atoms in total. The van der Waals surface area contributed by atoms with Gasteiger partial charge in [-0.1, -0.05) is 0 Å². The van der Waals surface area contributed by atoms with Crippen molar-refractivity contribution in [1.82, 2.24) is 15.1 Å². The Balaban J connectivity index is 2.58. The second kappa shape index (κ2) is 8.57. The summed E-state index contributed by atoms with van der Waals surface area (Å²) in [5, 5.41) is 12.0. The molecular formula is C17H31N3O6. The first kappa shape index (κ1) is 22.0. The lowest BCUT2D eigenvalue weighted by Crippen LogP contribution is -2.59. The number of hydrogen-bond acceptors (Lipinski definition) is 6. The molecule has 0 bridgehead atoms. The Morgan fingerprint density at radius 2 is 1.62 bits per heavy atom. The van der Waals surface area contributed by atoms with E-state index in [2.05, 4.69) is 5.32 Å². The molecule has 0 aliphatic carbocycles. The number of carbonyl (C=O) groups excluding carboxylic acids is 2. The number of alkyl carbamates (subject to hydrolysis) is 1. The van der Waals surface area contributed by atoms with E-state index in [4.69, 9.17) is 9.47 Å². The largest absolute Gasteiger partial charge is 0.465 e. The van der Waals surface area contributed by atoms with Crippen molar-refractivity contribution >= 4 is 18.2 Å². The summed E-state index contributed by atoms with van der Waals surface area (Å²) in [5.41, 5.74) is -1.26. The van der Waals surface area contributed by atoms with Crippen LogP contribution < -0.4 is 5.32 Å². The lowest BCUT2D eigenvalue weighted by atomic mass is 10.1. The molecule has 1 aliphatic rings. The molecule has 0 radical (unpaired) electrons. The van der Waals surface area contributed by atoms with Crippen LogP contribution in [0.4, 0.5) is 9.59 Å². The van der Waals surface area contributed by atoms with Gasteiger partial charge in [-0.3, -0.25) is 9.80 Å². The van der Waals surface area contributed by atoms with E-state index >= 15 is 0 Å². The minimum Gasteiger partial charge on any atom is -0.465 e. The van der Waals surface area contributed by atoms with Crippen molar-refractivity contribution in [2.24, 2.45) is 0 Å². The van der Waals surface area contributed by atoms with Crippen LogP contribution in [0.25, 0.3) is 0 Å². The van der Waals surface area contributed by atoms with Gasteiger partial charge in [0.2, 0.25) is 0 Å². The van der Waals surface area contributed by atoms with E-state index in [1.165, 1.54) is 0 Å². The minimum atomic E-state index is -1.15. The van der Waals surface area contributed by atoms with E-state index in [9.17, 15) is 19.5 Å². The van der Waals surface area contributed by atoms with Crippen molar-refractivity contribution in [2.45, 2.75) is 58.8 Å². The number of carboxylic acid groups (broad SMARTS) is 1. The van der Waals surface area contributed by atoms with E-state index in [0.29, 0.717) is 19.6 Å². The SMILES string of the molecule is CC(C)(C)OC(=O)NCCN1CCN(C(=O)O)C(C(=O)OC(C)(C)C)C1. The normalized spacial score (nSPS) is 19.0. The molecule has 0 aromatic heterocycles. The van der Waals surface area contributed by atoms with Crippen molar-refractivity contribution in [3.63, 3.8) is 0 Å². The van der Waals surface area contributed by atoms with Gasteiger partial charge in [-0.15, -0.1) is 0 Å². The van der Waals surface area contributed by atoms with Crippen LogP contribution in [-0.4, -0.2) is 83.0 Å². The Bertz CT molecular complexity index is 524. The van der Waals surface area contributed by atoms with Crippen LogP contribution in [0.1, 0.15) is 41.5 Å². The van der Waals surface area contributed by atoms with Crippen molar-refractivity contribution in [3.8, 4) is 0 Å². The molecule has 1 aliphatic heterocycles. The summed E-state index contributed by atoms with van der Waals surface area (Å²) in [7, 11) is 0. The zero-order valence-corrected chi connectivity index (χ0v) is 16.5. The molecule has 9 heteroatoms. The first-order chi connectivity index (χ1) is 11.8. The number of nitrogens with zero attached hydrogens (tertiary/aromatic N) is 2. The summed E-state index contributed by atoms with van der Waals surface area (Å²) in [6.45, 7) is 12.3. The van der Waals surface area contributed by atoms with Gasteiger partial charge in [0.25, 0.3) is 0 Å². The van der Waals surface area contributed by atoms with Crippen LogP contribution in [0.2, 0.25) is 0 Å². The third kappa shape index (κ3) is 7.90. The number of amides is 2. The number of nitrogens with one attached hydrogen (secondary N) is 1. The molecule has 0 aromatic rings. The zero-order chi connectivity index (χ0) is 20.1. The lowest BCUT2D eigenvalue weighted by molar-refractivity contribution is -0.163. The van der Waals surface area contributed by atoms with E-state index < -0.39 is 35.4 Å². The summed E-state index contributed by atoms with van der Waals surface area (Å²) in [6, 6.07) is -0.887. The molecule has 2 amide bonds. The number of carbonyl (C=O) groups is 3. The quantitative estimate of drug-likeness (QED) is 0.719. The first-order valence-electron chi connectivity index (χ1n) is 8.70. The fourth-order valence-electron chi connectivity index (χ4n) is 2.47. The minimum absolute atomic E-state index is 0.200. The molecule has 0 spiro atoms. The van der Waals surface area contributed by atoms with Gasteiger partial charge in [0, 0.05) is 32.7 Å². The second-order valence-electron chi connectivity index (χ2n) is 8.25. The number of piperazine rings is 1. The predicted molar refractivity (Wildman–Crippen MR) is 95.0 cm³/mol. The van der Waals surface area contributed by atoms with Gasteiger partial charge in [0.15, 0.2) is 0 Å². The van der Waals surface area contributed by atoms with Crippen LogP contribution in [-0.2, 0) is 14.3 Å². The Morgan fingerprint density at radius 1 is 1.04 bits per heavy atom. The molecule has 0 aromatic carbocycles. The summed E-state index contributed by atoms with van der Waals surface area (Å²) in [6.07, 6.45) is -1.65. The number of ether oxygens (including phenoxy) is 2. The third-order valence-electron chi connectivity index (χ3n) is 3.49. The monoisotopic (exact) mass is 373 g/mol. The smallest absolute Gasteiger partial charge is 0.408 e. The van der Waals surface area contributed by atoms with Crippen LogP contribution in [0, 0.1) is 0 Å². The summed E-state index contributed by atoms with van der Waals surface area (Å²) in [4.78, 5) is 38.5. The fraction of sp³-hybridized carbons (Fsp3) is 0.824. The molecular weight excluding hydrogens is 342 g/mol. The maximum absolute atomic E-state index is 12.4. The summed E-state index contributed by atoms with van der Waals surface area (Å²) >= 11 is 0. The Hall–Kier alpha value is -2.03. The predicted octanol–water partition coefficient (Wildman–Crippen LogP) is 1.52. The maximum Gasteiger partial charge on any atom is 0.408 e. The van der Waals surface area contributed by atoms with Gasteiger partial charge in [0.1, 0.15) is 17.2 Å². The van der Waals surface area contributed by atoms with Crippen LogP contribution in [0.5, 0.6) is 0 Å². The van der Waals surface area contributed by atoms with E-state index in [1.54, 1.807) is 41.5 Å². The second-order valence-corrected chi connectivity index (χ2v) is 8.25. The summed E-state index contributed by atoms with van der Waals surface area (Å²) in [5.74, 6) is -0.565. The van der Waals surface area contributed by atoms with Crippen molar-refractivity contribution in [1.29, 1.82) is 0 Å². The fourth-order valence-corrected chi connectivity index (χ4v) is 2.47. The topological polar surface area (TPSA) is 108 Å². The van der Waals surface area contributed by atoms with Crippen molar-refractivity contribution < 1.29 is 29.0 Å². The molecule has 1 atom stereocenters. The van der Waals surface area contributed by atoms with Gasteiger partial charge in [0.05, 0.1) is 0 Å². The zero-order valence-electron chi connectivity index (χ0n) is 16.5. The third-order valence-corrected chi connectivity index (χ3v) is 3.49. The highest BCUT2D eigenvalue weighted by molar-refractivity contribution is 5.81. The molecule has 1 saturated heterocycles. The highest BCUT2D eigenvalue weighted by Gasteiger charge is 2.37. The van der Waals surface area contributed by atoms with Gasteiger partial charge in [-0.2, -0.15) is 0 Å². The Morgan fingerprint density at radius 3 is 2.12 bits per heavy atom. The maximum atomic E-state index is 12.4. The molecule has 26 heavy (non-hydrogen) atoms. The summed E-state index contributed by atoms with van der Waals surface area (Å²) < 4.78 is 10.5. The van der Waals surface area contributed by atoms with E-state index in [0.717, 1.165) is 4.90 Å². The Kier molecular flexibility index (Phi) is 7.25. The molecule has 1 fully saturated rings. The molecule has 1 rings (SSSR count). The van der Waals surface area contributed by atoms with Gasteiger partial charge in [-0.25, -0.2) is 14.4 Å². The molecule has 1 unspecified atom stereocenters. The van der Waals surface area contributed by atoms with Gasteiger partial charge < -0.3 is 19.9 Å². The van der Waals surface area contributed by atoms with Gasteiger partial charge >= 0.3 is 18.2 Å². The highest BCUT2D eigenvalue weighted by atomic mass is 16.6. The van der Waals surface area contributed by atoms with E-state index in [-0.39, 0.29) is 13.1 Å². The number of hydrogen-bond donors (Lipinski definition) is 2. The highest BCUT2D eigenvalue weighted by Crippen LogP contribution is 2.16. The number of esters is 1. The molecule has 0 saturated carbocycles. The lowest BCUT2D eigenvalue weighted by Gasteiger charge is -2.39. The van der Waals surface area contributed by atoms with Gasteiger partial charge in [-0.05, 0) is 41.5 Å². The molecule has 2 N–H and O–H groups in total. The van der Waals surface area contributed by atoms with Crippen LogP contribution in [0.3, 0.4) is 0 Å². The van der Waals surface area contributed by atoms with Crippen LogP contribution >= 0.6 is 0 Å².